The number of hydrogen-bond donors (Lipinski definition) is 1. The molecule has 2 rings (SSSR count). The summed E-state index contributed by atoms with van der Waals surface area (Å²) in [6.07, 6.45) is 0.491. The highest BCUT2D eigenvalue weighted by Crippen LogP contribution is 2.38. The molecule has 0 aromatic heterocycles. The van der Waals surface area contributed by atoms with E-state index in [4.69, 9.17) is 10.5 Å². The van der Waals surface area contributed by atoms with Crippen LogP contribution in [0.4, 0.5) is 8.78 Å². The molecule has 2 aliphatic rings. The smallest absolute Gasteiger partial charge is 0.248 e. The SMILES string of the molecule is I.NC(=NCC1CCC(F)(F)C1)N1CCOCC1. The number of nitrogens with zero attached hydrogens (tertiary/aromatic N) is 2. The zero-order chi connectivity index (χ0) is 12.3. The summed E-state index contributed by atoms with van der Waals surface area (Å²) in [7, 11) is 0. The fraction of sp³-hybridized carbons (Fsp3) is 0.909. The number of ether oxygens (including phenoxy) is 1. The molecule has 0 aromatic rings. The van der Waals surface area contributed by atoms with E-state index in [1.54, 1.807) is 0 Å². The molecular formula is C11H20F2IN3O. The van der Waals surface area contributed by atoms with Crippen LogP contribution in [-0.4, -0.2) is 49.6 Å². The minimum atomic E-state index is -2.49. The van der Waals surface area contributed by atoms with Crippen LogP contribution in [-0.2, 0) is 4.74 Å². The van der Waals surface area contributed by atoms with E-state index in [1.165, 1.54) is 0 Å². The van der Waals surface area contributed by atoms with E-state index >= 15 is 0 Å². The summed E-state index contributed by atoms with van der Waals surface area (Å²) in [5.74, 6) is -2.05. The second-order valence-corrected chi connectivity index (χ2v) is 4.76. The second-order valence-electron chi connectivity index (χ2n) is 4.76. The monoisotopic (exact) mass is 375 g/mol. The summed E-state index contributed by atoms with van der Waals surface area (Å²) in [5, 5.41) is 0. The Morgan fingerprint density at radius 2 is 2.06 bits per heavy atom. The Morgan fingerprint density at radius 3 is 2.61 bits per heavy atom. The van der Waals surface area contributed by atoms with Gasteiger partial charge in [-0.05, 0) is 12.3 Å². The molecule has 4 nitrogen and oxygen atoms in total. The van der Waals surface area contributed by atoms with E-state index in [9.17, 15) is 8.78 Å². The fourth-order valence-electron chi connectivity index (χ4n) is 2.31. The van der Waals surface area contributed by atoms with Crippen LogP contribution < -0.4 is 5.73 Å². The van der Waals surface area contributed by atoms with Gasteiger partial charge in [0.05, 0.1) is 13.2 Å². The molecule has 106 valence electrons. The van der Waals surface area contributed by atoms with Gasteiger partial charge in [0.25, 0.3) is 0 Å². The standard InChI is InChI=1S/C11H19F2N3O.HI/c12-11(13)2-1-9(7-11)8-15-10(14)16-3-5-17-6-4-16;/h9H,1-8H2,(H2,14,15);1H. The van der Waals surface area contributed by atoms with E-state index in [2.05, 4.69) is 4.99 Å². The molecule has 2 fully saturated rings. The maximum absolute atomic E-state index is 13.0. The topological polar surface area (TPSA) is 50.8 Å². The lowest BCUT2D eigenvalue weighted by atomic mass is 10.1. The van der Waals surface area contributed by atoms with Crippen LogP contribution >= 0.6 is 24.0 Å². The van der Waals surface area contributed by atoms with E-state index in [0.29, 0.717) is 32.1 Å². The van der Waals surface area contributed by atoms with Crippen LogP contribution in [0.25, 0.3) is 0 Å². The molecule has 1 saturated heterocycles. The molecule has 0 spiro atoms. The summed E-state index contributed by atoms with van der Waals surface area (Å²) in [4.78, 5) is 6.17. The van der Waals surface area contributed by atoms with Crippen molar-refractivity contribution < 1.29 is 13.5 Å². The molecule has 0 bridgehead atoms. The largest absolute Gasteiger partial charge is 0.378 e. The predicted molar refractivity (Wildman–Crippen MR) is 76.6 cm³/mol. The number of aliphatic imine (C=N–C) groups is 1. The predicted octanol–water partition coefficient (Wildman–Crippen LogP) is 1.69. The molecule has 18 heavy (non-hydrogen) atoms. The first-order chi connectivity index (χ1) is 8.07. The number of morpholine rings is 1. The normalized spacial score (nSPS) is 28.0. The molecular weight excluding hydrogens is 355 g/mol. The summed E-state index contributed by atoms with van der Waals surface area (Å²) in [6.45, 7) is 3.18. The van der Waals surface area contributed by atoms with Crippen molar-refractivity contribution in [1.29, 1.82) is 0 Å². The zero-order valence-corrected chi connectivity index (χ0v) is 12.6. The van der Waals surface area contributed by atoms with Crippen molar-refractivity contribution in [1.82, 2.24) is 4.90 Å². The van der Waals surface area contributed by atoms with Crippen molar-refractivity contribution in [2.24, 2.45) is 16.6 Å². The Labute approximate surface area is 123 Å². The van der Waals surface area contributed by atoms with Crippen LogP contribution in [0.1, 0.15) is 19.3 Å². The Morgan fingerprint density at radius 1 is 1.39 bits per heavy atom. The molecule has 0 radical (unpaired) electrons. The molecule has 1 aliphatic carbocycles. The third-order valence-corrected chi connectivity index (χ3v) is 3.35. The van der Waals surface area contributed by atoms with E-state index in [1.807, 2.05) is 4.90 Å². The third kappa shape index (κ3) is 4.49. The van der Waals surface area contributed by atoms with Crippen molar-refractivity contribution in [3.63, 3.8) is 0 Å². The molecule has 0 amide bonds. The first-order valence-electron chi connectivity index (χ1n) is 6.07. The molecule has 1 heterocycles. The van der Waals surface area contributed by atoms with Gasteiger partial charge in [0.15, 0.2) is 5.96 Å². The number of hydrogen-bond acceptors (Lipinski definition) is 2. The molecule has 1 saturated carbocycles. The summed E-state index contributed by atoms with van der Waals surface area (Å²) >= 11 is 0. The Kier molecular flexibility index (Phi) is 6.03. The molecule has 0 aromatic carbocycles. The van der Waals surface area contributed by atoms with Crippen molar-refractivity contribution in [2.75, 3.05) is 32.8 Å². The van der Waals surface area contributed by atoms with Gasteiger partial charge in [-0.3, -0.25) is 4.99 Å². The summed E-state index contributed by atoms with van der Waals surface area (Å²) in [6, 6.07) is 0. The highest BCUT2D eigenvalue weighted by Gasteiger charge is 2.39. The zero-order valence-electron chi connectivity index (χ0n) is 10.3. The van der Waals surface area contributed by atoms with Gasteiger partial charge in [0.2, 0.25) is 5.92 Å². The first kappa shape index (κ1) is 15.9. The van der Waals surface area contributed by atoms with Gasteiger partial charge in [-0.1, -0.05) is 0 Å². The molecule has 7 heteroatoms. The number of alkyl halides is 2. The van der Waals surface area contributed by atoms with E-state index in [0.717, 1.165) is 13.1 Å². The van der Waals surface area contributed by atoms with Crippen molar-refractivity contribution in [3.8, 4) is 0 Å². The van der Waals surface area contributed by atoms with Gasteiger partial charge >= 0.3 is 0 Å². The van der Waals surface area contributed by atoms with Crippen LogP contribution in [0.5, 0.6) is 0 Å². The first-order valence-corrected chi connectivity index (χ1v) is 6.07. The van der Waals surface area contributed by atoms with E-state index in [-0.39, 0.29) is 42.7 Å². The molecule has 2 N–H and O–H groups in total. The molecule has 1 atom stereocenters. The van der Waals surface area contributed by atoms with E-state index < -0.39 is 5.92 Å². The van der Waals surface area contributed by atoms with Gasteiger partial charge in [-0.25, -0.2) is 8.78 Å². The third-order valence-electron chi connectivity index (χ3n) is 3.35. The maximum atomic E-state index is 13.0. The lowest BCUT2D eigenvalue weighted by Gasteiger charge is -2.27. The number of halogens is 3. The number of nitrogens with two attached hydrogens (primary N) is 1. The lowest BCUT2D eigenvalue weighted by Crippen LogP contribution is -2.45. The molecule has 1 unspecified atom stereocenters. The van der Waals surface area contributed by atoms with Gasteiger partial charge < -0.3 is 15.4 Å². The highest BCUT2D eigenvalue weighted by molar-refractivity contribution is 14.0. The molecule has 1 aliphatic heterocycles. The van der Waals surface area contributed by atoms with Crippen molar-refractivity contribution >= 4 is 29.9 Å². The quantitative estimate of drug-likeness (QED) is 0.454. The maximum Gasteiger partial charge on any atom is 0.248 e. The van der Waals surface area contributed by atoms with Gasteiger partial charge in [0, 0.05) is 32.5 Å². The summed E-state index contributed by atoms with van der Waals surface area (Å²) in [5.41, 5.74) is 5.83. The van der Waals surface area contributed by atoms with Crippen LogP contribution in [0.3, 0.4) is 0 Å². The van der Waals surface area contributed by atoms with Crippen molar-refractivity contribution in [2.45, 2.75) is 25.2 Å². The van der Waals surface area contributed by atoms with Gasteiger partial charge in [0.1, 0.15) is 0 Å². The van der Waals surface area contributed by atoms with Crippen molar-refractivity contribution in [3.05, 3.63) is 0 Å². The van der Waals surface area contributed by atoms with Crippen LogP contribution in [0.2, 0.25) is 0 Å². The minimum Gasteiger partial charge on any atom is -0.378 e. The van der Waals surface area contributed by atoms with Gasteiger partial charge in [-0.2, -0.15) is 0 Å². The number of guanidine groups is 1. The van der Waals surface area contributed by atoms with Crippen LogP contribution in [0.15, 0.2) is 4.99 Å². The Hall–Kier alpha value is -0.180. The van der Waals surface area contributed by atoms with Gasteiger partial charge in [-0.15, -0.1) is 24.0 Å². The second kappa shape index (κ2) is 6.83. The summed E-state index contributed by atoms with van der Waals surface area (Å²) < 4.78 is 31.1. The van der Waals surface area contributed by atoms with Crippen LogP contribution in [0, 0.1) is 5.92 Å². The average molecular weight is 375 g/mol. The Bertz CT molecular complexity index is 296. The number of rotatable bonds is 2. The average Bonchev–Trinajstić information content (AvgIpc) is 2.67. The fourth-order valence-corrected chi connectivity index (χ4v) is 2.31. The highest BCUT2D eigenvalue weighted by atomic mass is 127. The Balaban J connectivity index is 0.00000162. The minimum absolute atomic E-state index is 0. The lowest BCUT2D eigenvalue weighted by molar-refractivity contribution is 0.00540.